The van der Waals surface area contributed by atoms with Crippen molar-refractivity contribution in [1.29, 1.82) is 0 Å². The lowest BCUT2D eigenvalue weighted by molar-refractivity contribution is 0.133. The number of rotatable bonds is 3. The summed E-state index contributed by atoms with van der Waals surface area (Å²) in [6.07, 6.45) is -1.71. The number of hydrogen-bond acceptors (Lipinski definition) is 4. The summed E-state index contributed by atoms with van der Waals surface area (Å²) in [5, 5.41) is 18.4. The van der Waals surface area contributed by atoms with Gasteiger partial charge in [0.05, 0.1) is 11.4 Å². The zero-order chi connectivity index (χ0) is 16.6. The van der Waals surface area contributed by atoms with Gasteiger partial charge in [0.15, 0.2) is 5.75 Å². The van der Waals surface area contributed by atoms with Crippen molar-refractivity contribution < 1.29 is 29.3 Å². The van der Waals surface area contributed by atoms with Gasteiger partial charge in [0.1, 0.15) is 0 Å². The normalized spacial score (nSPS) is 12.7. The number of nitrogens with zero attached hydrogens (tertiary/aromatic N) is 1. The summed E-state index contributed by atoms with van der Waals surface area (Å²) in [6.45, 7) is 0.607. The van der Waals surface area contributed by atoms with Crippen LogP contribution in [0.1, 0.15) is 12.1 Å². The Kier molecular flexibility index (Phi) is 3.87. The van der Waals surface area contributed by atoms with E-state index in [0.29, 0.717) is 34.9 Å². The second kappa shape index (κ2) is 5.85. The highest BCUT2D eigenvalue weighted by atomic mass is 35.5. The maximum absolute atomic E-state index is 11.0. The number of fused-ring (bicyclic) bond motifs is 1. The summed E-state index contributed by atoms with van der Waals surface area (Å²) < 4.78 is 11.4. The van der Waals surface area contributed by atoms with Crippen LogP contribution in [0.2, 0.25) is 5.02 Å². The Labute approximate surface area is 135 Å². The smallest absolute Gasteiger partial charge is 0.449 e. The molecule has 120 valence electrons. The SMILES string of the molecule is O=C(O)Oc1c(OC(=O)O)c(-c2cccc(Cl)c2)n2c1CCC2. The van der Waals surface area contributed by atoms with Gasteiger partial charge in [0.25, 0.3) is 0 Å². The summed E-state index contributed by atoms with van der Waals surface area (Å²) in [6, 6.07) is 6.80. The zero-order valence-corrected chi connectivity index (χ0v) is 12.5. The second-order valence-electron chi connectivity index (χ2n) is 4.96. The Morgan fingerprint density at radius 1 is 1.13 bits per heavy atom. The number of benzene rings is 1. The van der Waals surface area contributed by atoms with Crippen LogP contribution >= 0.6 is 11.6 Å². The Hall–Kier alpha value is -2.67. The highest BCUT2D eigenvalue weighted by molar-refractivity contribution is 6.30. The maximum Gasteiger partial charge on any atom is 0.511 e. The van der Waals surface area contributed by atoms with Gasteiger partial charge in [0, 0.05) is 17.1 Å². The van der Waals surface area contributed by atoms with Gasteiger partial charge in [-0.3, -0.25) is 0 Å². The first-order valence-corrected chi connectivity index (χ1v) is 7.18. The number of halogens is 1. The third-order valence-corrected chi connectivity index (χ3v) is 3.79. The van der Waals surface area contributed by atoms with Gasteiger partial charge in [-0.05, 0) is 25.0 Å². The van der Waals surface area contributed by atoms with E-state index in [1.54, 1.807) is 24.3 Å². The molecule has 1 aliphatic heterocycles. The molecule has 0 spiro atoms. The van der Waals surface area contributed by atoms with Crippen LogP contribution in [0, 0.1) is 0 Å². The maximum atomic E-state index is 11.0. The van der Waals surface area contributed by atoms with E-state index in [1.807, 2.05) is 4.57 Å². The molecule has 1 aromatic carbocycles. The minimum atomic E-state index is -1.55. The van der Waals surface area contributed by atoms with Gasteiger partial charge in [-0.1, -0.05) is 23.7 Å². The van der Waals surface area contributed by atoms with Crippen LogP contribution in [0.5, 0.6) is 11.5 Å². The van der Waals surface area contributed by atoms with Crippen LogP contribution in [0.25, 0.3) is 11.3 Å². The predicted octanol–water partition coefficient (Wildman–Crippen LogP) is 3.87. The van der Waals surface area contributed by atoms with Crippen LogP contribution in [-0.4, -0.2) is 27.1 Å². The van der Waals surface area contributed by atoms with Crippen LogP contribution in [0.15, 0.2) is 24.3 Å². The monoisotopic (exact) mass is 337 g/mol. The minimum absolute atomic E-state index is 0.0765. The van der Waals surface area contributed by atoms with Crippen molar-refractivity contribution in [2.75, 3.05) is 0 Å². The van der Waals surface area contributed by atoms with Crippen molar-refractivity contribution in [3.8, 4) is 22.8 Å². The molecule has 0 amide bonds. The fraction of sp³-hybridized carbons (Fsp3) is 0.200. The number of carboxylic acid groups (broad SMARTS) is 2. The quantitative estimate of drug-likeness (QED) is 0.825. The van der Waals surface area contributed by atoms with Gasteiger partial charge < -0.3 is 24.3 Å². The van der Waals surface area contributed by atoms with E-state index in [0.717, 1.165) is 6.42 Å². The summed E-state index contributed by atoms with van der Waals surface area (Å²) >= 11 is 6.00. The Morgan fingerprint density at radius 2 is 1.83 bits per heavy atom. The molecular weight excluding hydrogens is 326 g/mol. The highest BCUT2D eigenvalue weighted by Gasteiger charge is 2.32. The second-order valence-corrected chi connectivity index (χ2v) is 5.39. The lowest BCUT2D eigenvalue weighted by Gasteiger charge is -2.09. The van der Waals surface area contributed by atoms with Gasteiger partial charge >= 0.3 is 12.3 Å². The summed E-state index contributed by atoms with van der Waals surface area (Å²) in [5.41, 5.74) is 1.66. The fourth-order valence-electron chi connectivity index (χ4n) is 2.82. The van der Waals surface area contributed by atoms with E-state index >= 15 is 0 Å². The first-order chi connectivity index (χ1) is 11.0. The highest BCUT2D eigenvalue weighted by Crippen LogP contribution is 2.47. The summed E-state index contributed by atoms with van der Waals surface area (Å²) in [4.78, 5) is 22.0. The minimum Gasteiger partial charge on any atom is -0.449 e. The van der Waals surface area contributed by atoms with E-state index < -0.39 is 12.3 Å². The Balaban J connectivity index is 2.24. The van der Waals surface area contributed by atoms with Crippen molar-refractivity contribution in [2.45, 2.75) is 19.4 Å². The van der Waals surface area contributed by atoms with Gasteiger partial charge in [0.2, 0.25) is 5.75 Å². The molecule has 0 bridgehead atoms. The molecule has 0 radical (unpaired) electrons. The van der Waals surface area contributed by atoms with E-state index in [4.69, 9.17) is 31.3 Å². The van der Waals surface area contributed by atoms with E-state index in [9.17, 15) is 9.59 Å². The Bertz CT molecular complexity index is 798. The van der Waals surface area contributed by atoms with Crippen molar-refractivity contribution >= 4 is 23.9 Å². The average molecular weight is 338 g/mol. The number of hydrogen-bond donors (Lipinski definition) is 2. The number of carbonyl (C=O) groups is 2. The molecule has 0 unspecified atom stereocenters. The molecule has 0 aliphatic carbocycles. The third kappa shape index (κ3) is 2.83. The average Bonchev–Trinajstić information content (AvgIpc) is 3.01. The molecule has 2 heterocycles. The molecule has 0 fully saturated rings. The summed E-state index contributed by atoms with van der Waals surface area (Å²) in [7, 11) is 0. The van der Waals surface area contributed by atoms with Gasteiger partial charge in [-0.25, -0.2) is 9.59 Å². The van der Waals surface area contributed by atoms with E-state index in [1.165, 1.54) is 0 Å². The molecule has 1 aliphatic rings. The van der Waals surface area contributed by atoms with Gasteiger partial charge in [-0.2, -0.15) is 0 Å². The Morgan fingerprint density at radius 3 is 2.48 bits per heavy atom. The molecule has 1 aromatic heterocycles. The molecule has 23 heavy (non-hydrogen) atoms. The van der Waals surface area contributed by atoms with Crippen molar-refractivity contribution in [3.05, 3.63) is 35.0 Å². The first kappa shape index (κ1) is 15.2. The topological polar surface area (TPSA) is 98.0 Å². The number of aromatic nitrogens is 1. The van der Waals surface area contributed by atoms with Crippen LogP contribution in [0.3, 0.4) is 0 Å². The van der Waals surface area contributed by atoms with Crippen molar-refractivity contribution in [3.63, 3.8) is 0 Å². The molecule has 3 rings (SSSR count). The van der Waals surface area contributed by atoms with E-state index in [-0.39, 0.29) is 11.5 Å². The fourth-order valence-corrected chi connectivity index (χ4v) is 3.01. The van der Waals surface area contributed by atoms with E-state index in [2.05, 4.69) is 0 Å². The molecule has 0 atom stereocenters. The van der Waals surface area contributed by atoms with Crippen LogP contribution in [0.4, 0.5) is 9.59 Å². The summed E-state index contributed by atoms with van der Waals surface area (Å²) in [5.74, 6) is -0.204. The zero-order valence-electron chi connectivity index (χ0n) is 11.8. The number of ether oxygens (including phenoxy) is 2. The van der Waals surface area contributed by atoms with Crippen LogP contribution < -0.4 is 9.47 Å². The largest absolute Gasteiger partial charge is 0.511 e. The molecule has 2 aromatic rings. The lowest BCUT2D eigenvalue weighted by Crippen LogP contribution is -2.08. The molecular formula is C15H12ClNO6. The first-order valence-electron chi connectivity index (χ1n) is 6.80. The molecule has 2 N–H and O–H groups in total. The standard InChI is InChI=1S/C15H12ClNO6/c16-9-4-1-3-8(7-9)11-13(23-15(20)21)12(22-14(18)19)10-5-2-6-17(10)11/h1,3-4,7H,2,5-6H2,(H,18,19)(H,20,21). The molecule has 0 saturated heterocycles. The van der Waals surface area contributed by atoms with Gasteiger partial charge in [-0.15, -0.1) is 0 Å². The van der Waals surface area contributed by atoms with Crippen LogP contribution in [-0.2, 0) is 13.0 Å². The predicted molar refractivity (Wildman–Crippen MR) is 80.5 cm³/mol. The molecule has 8 heteroatoms. The molecule has 0 saturated carbocycles. The third-order valence-electron chi connectivity index (χ3n) is 3.55. The molecule has 7 nitrogen and oxygen atoms in total. The lowest BCUT2D eigenvalue weighted by atomic mass is 10.1. The van der Waals surface area contributed by atoms with Crippen molar-refractivity contribution in [2.24, 2.45) is 0 Å². The van der Waals surface area contributed by atoms with Crippen molar-refractivity contribution in [1.82, 2.24) is 4.57 Å².